The zero-order valence-corrected chi connectivity index (χ0v) is 6.39. The molecule has 0 rings (SSSR count). The fourth-order valence-corrected chi connectivity index (χ4v) is 0.915. The van der Waals surface area contributed by atoms with Crippen LogP contribution in [0.1, 0.15) is 6.92 Å². The van der Waals surface area contributed by atoms with Gasteiger partial charge >= 0.3 is 0 Å². The van der Waals surface area contributed by atoms with Crippen molar-refractivity contribution in [1.82, 2.24) is 0 Å². The first-order valence-corrected chi connectivity index (χ1v) is 4.21. The Bertz CT molecular complexity index is 121. The van der Waals surface area contributed by atoms with Crippen LogP contribution in [0, 0.1) is 0 Å². The molecule has 0 aliphatic rings. The van der Waals surface area contributed by atoms with Gasteiger partial charge in [0.25, 0.3) is 0 Å². The van der Waals surface area contributed by atoms with Crippen LogP contribution in [-0.4, -0.2) is 12.0 Å². The maximum Gasteiger partial charge on any atom is 0.0734 e. The van der Waals surface area contributed by atoms with Crippen LogP contribution in [0.15, 0.2) is 0 Å². The van der Waals surface area contributed by atoms with Gasteiger partial charge in [-0.25, -0.2) is 0 Å². The lowest BCUT2D eigenvalue weighted by molar-refractivity contribution is -0.343. The van der Waals surface area contributed by atoms with Gasteiger partial charge in [-0.05, 0) is 6.92 Å². The summed E-state index contributed by atoms with van der Waals surface area (Å²) in [5, 5.41) is 0. The molecule has 0 aromatic rings. The Labute approximate surface area is 58.0 Å². The van der Waals surface area contributed by atoms with Crippen LogP contribution < -0.4 is 9.79 Å². The van der Waals surface area contributed by atoms with E-state index in [4.69, 9.17) is 11.6 Å². The lowest BCUT2D eigenvalue weighted by atomic mass is 10.5. The Morgan fingerprint density at radius 1 is 1.78 bits per heavy atom. The Hall–Kier alpha value is 0.400. The average molecular weight is 173 g/mol. The smallest absolute Gasteiger partial charge is 0.0734 e. The molecule has 0 bridgehead atoms. The molecule has 0 fully saturated rings. The number of hydrogen-bond acceptors (Lipinski definition) is 4. The molecule has 4 nitrogen and oxygen atoms in total. The lowest BCUT2D eigenvalue weighted by Gasteiger charge is -2.31. The van der Waals surface area contributed by atoms with Crippen LogP contribution in [0.25, 0.3) is 0 Å². The second-order valence-electron chi connectivity index (χ2n) is 1.52. The van der Waals surface area contributed by atoms with Crippen molar-refractivity contribution in [2.75, 3.05) is 5.88 Å². The van der Waals surface area contributed by atoms with Crippen LogP contribution in [0.4, 0.5) is 0 Å². The van der Waals surface area contributed by atoms with Crippen molar-refractivity contribution < 1.29 is 18.9 Å². The topological polar surface area (TPSA) is 72.4 Å². The van der Waals surface area contributed by atoms with E-state index in [1.165, 1.54) is 6.92 Å². The van der Waals surface area contributed by atoms with Crippen molar-refractivity contribution in [3.8, 4) is 0 Å². The normalized spacial score (nSPS) is 15.6. The van der Waals surface area contributed by atoms with E-state index in [2.05, 4.69) is 4.52 Å². The van der Waals surface area contributed by atoms with Crippen LogP contribution in [0.2, 0.25) is 0 Å². The average Bonchev–Trinajstić information content (AvgIpc) is 1.62. The molecule has 0 aliphatic carbocycles. The highest BCUT2D eigenvalue weighted by atomic mass is 35.5. The van der Waals surface area contributed by atoms with Crippen LogP contribution >= 0.6 is 19.4 Å². The van der Waals surface area contributed by atoms with E-state index >= 15 is 0 Å². The van der Waals surface area contributed by atoms with Gasteiger partial charge in [0.2, 0.25) is 0 Å². The van der Waals surface area contributed by atoms with E-state index < -0.39 is 13.9 Å². The summed E-state index contributed by atoms with van der Waals surface area (Å²) in [4.78, 5) is 19.6. The number of halogens is 1. The zero-order chi connectivity index (χ0) is 7.49. The zero-order valence-electron chi connectivity index (χ0n) is 4.74. The summed E-state index contributed by atoms with van der Waals surface area (Å²) in [6.45, 7) is 1.40. The van der Waals surface area contributed by atoms with Gasteiger partial charge in [-0.3, -0.25) is 0 Å². The van der Waals surface area contributed by atoms with Gasteiger partial charge in [-0.15, -0.1) is 11.6 Å². The first-order chi connectivity index (χ1) is 3.95. The van der Waals surface area contributed by atoms with Gasteiger partial charge in [0.1, 0.15) is 0 Å². The molecule has 1 atom stereocenters. The number of phosphoric ester groups is 1. The minimum Gasteiger partial charge on any atom is -0.790 e. The molecule has 0 amide bonds. The molecular weight excluding hydrogens is 166 g/mol. The standard InChI is InChI=1S/C3H8ClO4P/c1-3(2-4)8-9(5,6)7/h3H,2H2,1H3,(H2,5,6,7)/p-2. The van der Waals surface area contributed by atoms with Crippen molar-refractivity contribution in [1.29, 1.82) is 0 Å². The number of hydrogen-bond donors (Lipinski definition) is 0. The largest absolute Gasteiger partial charge is 0.790 e. The fraction of sp³-hybridized carbons (Fsp3) is 1.00. The number of alkyl halides is 1. The Balaban J connectivity index is 3.60. The summed E-state index contributed by atoms with van der Waals surface area (Å²) in [6.07, 6.45) is -0.729. The molecule has 0 heterocycles. The van der Waals surface area contributed by atoms with E-state index in [1.807, 2.05) is 0 Å². The quantitative estimate of drug-likeness (QED) is 0.423. The molecule has 0 aliphatic heterocycles. The first kappa shape index (κ1) is 9.40. The van der Waals surface area contributed by atoms with E-state index in [9.17, 15) is 14.4 Å². The predicted octanol–water partition coefficient (Wildman–Crippen LogP) is -0.541. The number of rotatable bonds is 3. The summed E-state index contributed by atoms with van der Waals surface area (Å²) < 4.78 is 13.7. The van der Waals surface area contributed by atoms with Gasteiger partial charge in [0, 0.05) is 5.88 Å². The van der Waals surface area contributed by atoms with Gasteiger partial charge < -0.3 is 18.9 Å². The fourth-order valence-electron chi connectivity index (χ4n) is 0.249. The van der Waals surface area contributed by atoms with Gasteiger partial charge in [-0.2, -0.15) is 0 Å². The second kappa shape index (κ2) is 3.54. The van der Waals surface area contributed by atoms with Gasteiger partial charge in [-0.1, -0.05) is 0 Å². The Morgan fingerprint density at radius 3 is 2.33 bits per heavy atom. The van der Waals surface area contributed by atoms with Gasteiger partial charge in [0.15, 0.2) is 0 Å². The molecule has 56 valence electrons. The Morgan fingerprint density at radius 2 is 2.22 bits per heavy atom. The maximum absolute atomic E-state index is 9.79. The van der Waals surface area contributed by atoms with Crippen molar-refractivity contribution >= 4 is 19.4 Å². The summed E-state index contributed by atoms with van der Waals surface area (Å²) in [7, 11) is -4.82. The van der Waals surface area contributed by atoms with E-state index in [0.29, 0.717) is 0 Å². The van der Waals surface area contributed by atoms with Crippen molar-refractivity contribution in [2.45, 2.75) is 13.0 Å². The van der Waals surface area contributed by atoms with Crippen molar-refractivity contribution in [3.05, 3.63) is 0 Å². The van der Waals surface area contributed by atoms with Crippen molar-refractivity contribution in [3.63, 3.8) is 0 Å². The summed E-state index contributed by atoms with van der Waals surface area (Å²) in [5.41, 5.74) is 0. The monoisotopic (exact) mass is 172 g/mol. The molecule has 1 unspecified atom stereocenters. The maximum atomic E-state index is 9.79. The molecular formula is C3H6ClO4P-2. The van der Waals surface area contributed by atoms with E-state index in [1.54, 1.807) is 0 Å². The highest BCUT2D eigenvalue weighted by Crippen LogP contribution is 2.26. The lowest BCUT2D eigenvalue weighted by Crippen LogP contribution is -2.21. The van der Waals surface area contributed by atoms with Crippen LogP contribution in [0.5, 0.6) is 0 Å². The molecule has 0 N–H and O–H groups in total. The minimum atomic E-state index is -4.82. The van der Waals surface area contributed by atoms with Crippen LogP contribution in [0.3, 0.4) is 0 Å². The van der Waals surface area contributed by atoms with E-state index in [0.717, 1.165) is 0 Å². The predicted molar refractivity (Wildman–Crippen MR) is 28.9 cm³/mol. The molecule has 0 radical (unpaired) electrons. The number of phosphoric acid groups is 1. The molecule has 0 aromatic carbocycles. The molecule has 9 heavy (non-hydrogen) atoms. The van der Waals surface area contributed by atoms with E-state index in [-0.39, 0.29) is 5.88 Å². The van der Waals surface area contributed by atoms with Gasteiger partial charge in [0.05, 0.1) is 13.9 Å². The highest BCUT2D eigenvalue weighted by molar-refractivity contribution is 7.43. The van der Waals surface area contributed by atoms with Crippen LogP contribution in [-0.2, 0) is 9.09 Å². The SMILES string of the molecule is CC(CCl)OP(=O)([O-])[O-]. The molecule has 0 saturated heterocycles. The summed E-state index contributed by atoms with van der Waals surface area (Å²) >= 11 is 5.13. The Kier molecular flexibility index (Phi) is 3.70. The summed E-state index contributed by atoms with van der Waals surface area (Å²) in [5.74, 6) is -0.00549. The third-order valence-corrected chi connectivity index (χ3v) is 1.58. The molecule has 0 spiro atoms. The van der Waals surface area contributed by atoms with Crippen molar-refractivity contribution in [2.24, 2.45) is 0 Å². The first-order valence-electron chi connectivity index (χ1n) is 2.22. The third-order valence-electron chi connectivity index (χ3n) is 0.526. The molecule has 0 aromatic heterocycles. The highest BCUT2D eigenvalue weighted by Gasteiger charge is 2.00. The summed E-state index contributed by atoms with van der Waals surface area (Å²) in [6, 6.07) is 0. The minimum absolute atomic E-state index is 0.00549. The third kappa shape index (κ3) is 6.28. The molecule has 0 saturated carbocycles. The molecule has 6 heteroatoms. The second-order valence-corrected chi connectivity index (χ2v) is 2.93.